The lowest BCUT2D eigenvalue weighted by atomic mass is 10.1. The number of aromatic nitrogens is 5. The molecule has 0 spiro atoms. The first kappa shape index (κ1) is 16.1. The summed E-state index contributed by atoms with van der Waals surface area (Å²) >= 11 is 8.88. The van der Waals surface area contributed by atoms with Gasteiger partial charge in [-0.3, -0.25) is 14.3 Å². The fraction of sp³-hybridized carbons (Fsp3) is 0.312. The molecular formula is C16H18BrN5S. The van der Waals surface area contributed by atoms with E-state index in [1.54, 1.807) is 6.20 Å². The standard InChI is InChI=1S/C16H18BrN5S/c1-10-4-5-11(2)14(6-10)22-15(19-20-16(22)23)12(3)8-21-9-13(17)7-18-21/h4-7,9,12H,8H2,1-3H3,(H,20,23). The number of nitrogens with one attached hydrogen (secondary N) is 1. The molecule has 0 bridgehead atoms. The van der Waals surface area contributed by atoms with Gasteiger partial charge in [-0.25, -0.2) is 0 Å². The van der Waals surface area contributed by atoms with Gasteiger partial charge >= 0.3 is 0 Å². The van der Waals surface area contributed by atoms with E-state index in [1.165, 1.54) is 11.1 Å². The minimum atomic E-state index is 0.162. The third-order valence-electron chi connectivity index (χ3n) is 3.81. The summed E-state index contributed by atoms with van der Waals surface area (Å²) in [6.07, 6.45) is 3.74. The van der Waals surface area contributed by atoms with Crippen LogP contribution in [0.2, 0.25) is 0 Å². The summed E-state index contributed by atoms with van der Waals surface area (Å²) in [6.45, 7) is 7.03. The van der Waals surface area contributed by atoms with E-state index in [2.05, 4.69) is 70.2 Å². The number of aromatic amines is 1. The van der Waals surface area contributed by atoms with Crippen molar-refractivity contribution in [3.63, 3.8) is 0 Å². The van der Waals surface area contributed by atoms with Gasteiger partial charge < -0.3 is 0 Å². The normalized spacial score (nSPS) is 12.5. The van der Waals surface area contributed by atoms with Gasteiger partial charge in [0.2, 0.25) is 0 Å². The van der Waals surface area contributed by atoms with E-state index in [1.807, 2.05) is 15.4 Å². The highest BCUT2D eigenvalue weighted by Gasteiger charge is 2.17. The molecule has 0 radical (unpaired) electrons. The molecule has 0 amide bonds. The summed E-state index contributed by atoms with van der Waals surface area (Å²) in [4.78, 5) is 0. The fourth-order valence-electron chi connectivity index (χ4n) is 2.63. The molecule has 0 fully saturated rings. The van der Waals surface area contributed by atoms with Gasteiger partial charge in [-0.1, -0.05) is 19.1 Å². The molecule has 0 saturated heterocycles. The number of benzene rings is 1. The van der Waals surface area contributed by atoms with Crippen molar-refractivity contribution in [1.29, 1.82) is 0 Å². The zero-order valence-corrected chi connectivity index (χ0v) is 15.6. The van der Waals surface area contributed by atoms with Gasteiger partial charge in [-0.2, -0.15) is 10.2 Å². The Kier molecular flexibility index (Phi) is 4.50. The van der Waals surface area contributed by atoms with Gasteiger partial charge in [-0.05, 0) is 59.2 Å². The number of hydrogen-bond acceptors (Lipinski definition) is 3. The lowest BCUT2D eigenvalue weighted by molar-refractivity contribution is 0.518. The topological polar surface area (TPSA) is 51.4 Å². The zero-order chi connectivity index (χ0) is 16.6. The molecule has 0 aliphatic heterocycles. The minimum Gasteiger partial charge on any atom is -0.272 e. The maximum atomic E-state index is 5.46. The molecule has 120 valence electrons. The van der Waals surface area contributed by atoms with E-state index in [9.17, 15) is 0 Å². The summed E-state index contributed by atoms with van der Waals surface area (Å²) in [5.41, 5.74) is 3.44. The van der Waals surface area contributed by atoms with Crippen molar-refractivity contribution in [3.05, 3.63) is 56.8 Å². The Labute approximate surface area is 148 Å². The predicted molar refractivity (Wildman–Crippen MR) is 96.6 cm³/mol. The van der Waals surface area contributed by atoms with Crippen LogP contribution in [0.1, 0.15) is 29.8 Å². The molecule has 0 aliphatic rings. The van der Waals surface area contributed by atoms with E-state index in [0.29, 0.717) is 4.77 Å². The maximum absolute atomic E-state index is 5.46. The lowest BCUT2D eigenvalue weighted by Gasteiger charge is -2.15. The molecule has 2 aromatic heterocycles. The summed E-state index contributed by atoms with van der Waals surface area (Å²) in [5, 5.41) is 11.7. The van der Waals surface area contributed by atoms with Crippen LogP contribution in [0.5, 0.6) is 0 Å². The van der Waals surface area contributed by atoms with E-state index in [0.717, 1.165) is 22.5 Å². The molecule has 1 N–H and O–H groups in total. The molecule has 2 heterocycles. The second-order valence-electron chi connectivity index (χ2n) is 5.79. The molecule has 0 aliphatic carbocycles. The van der Waals surface area contributed by atoms with Crippen LogP contribution in [0, 0.1) is 18.6 Å². The number of halogens is 1. The van der Waals surface area contributed by atoms with E-state index >= 15 is 0 Å². The molecular weight excluding hydrogens is 374 g/mol. The number of H-pyrrole nitrogens is 1. The molecule has 0 saturated carbocycles. The van der Waals surface area contributed by atoms with Crippen molar-refractivity contribution < 1.29 is 0 Å². The monoisotopic (exact) mass is 391 g/mol. The zero-order valence-electron chi connectivity index (χ0n) is 13.2. The Morgan fingerprint density at radius 1 is 1.35 bits per heavy atom. The van der Waals surface area contributed by atoms with Gasteiger partial charge in [-0.15, -0.1) is 0 Å². The Morgan fingerprint density at radius 3 is 2.83 bits per heavy atom. The number of aryl methyl sites for hydroxylation is 2. The third kappa shape index (κ3) is 3.30. The van der Waals surface area contributed by atoms with Crippen molar-refractivity contribution in [1.82, 2.24) is 24.5 Å². The average molecular weight is 392 g/mol. The first-order valence-corrected chi connectivity index (χ1v) is 8.58. The molecule has 23 heavy (non-hydrogen) atoms. The van der Waals surface area contributed by atoms with Crippen LogP contribution in [-0.4, -0.2) is 24.5 Å². The molecule has 1 aromatic carbocycles. The van der Waals surface area contributed by atoms with Gasteiger partial charge in [0.25, 0.3) is 0 Å². The van der Waals surface area contributed by atoms with Crippen molar-refractivity contribution in [2.24, 2.45) is 0 Å². The van der Waals surface area contributed by atoms with Crippen LogP contribution in [0.3, 0.4) is 0 Å². The second-order valence-corrected chi connectivity index (χ2v) is 7.10. The van der Waals surface area contributed by atoms with E-state index in [-0.39, 0.29) is 5.92 Å². The van der Waals surface area contributed by atoms with Crippen molar-refractivity contribution in [2.45, 2.75) is 33.2 Å². The largest absolute Gasteiger partial charge is 0.272 e. The van der Waals surface area contributed by atoms with Crippen LogP contribution in [-0.2, 0) is 6.54 Å². The Hall–Kier alpha value is -1.73. The SMILES string of the molecule is Cc1ccc(C)c(-n2c(C(C)Cn3cc(Br)cn3)n[nH]c2=S)c1. The van der Waals surface area contributed by atoms with E-state index in [4.69, 9.17) is 12.2 Å². The van der Waals surface area contributed by atoms with Crippen LogP contribution in [0.15, 0.2) is 35.1 Å². The average Bonchev–Trinajstić information content (AvgIpc) is 3.07. The third-order valence-corrected chi connectivity index (χ3v) is 4.49. The van der Waals surface area contributed by atoms with Crippen LogP contribution < -0.4 is 0 Å². The second kappa shape index (κ2) is 6.41. The molecule has 3 aromatic rings. The summed E-state index contributed by atoms with van der Waals surface area (Å²) in [7, 11) is 0. The highest BCUT2D eigenvalue weighted by molar-refractivity contribution is 9.10. The van der Waals surface area contributed by atoms with Crippen molar-refractivity contribution >= 4 is 28.1 Å². The maximum Gasteiger partial charge on any atom is 0.199 e. The van der Waals surface area contributed by atoms with Crippen molar-refractivity contribution in [3.8, 4) is 5.69 Å². The van der Waals surface area contributed by atoms with Gasteiger partial charge in [0.05, 0.1) is 22.9 Å². The predicted octanol–water partition coefficient (Wildman–Crippen LogP) is 4.31. The number of nitrogens with zero attached hydrogens (tertiary/aromatic N) is 4. The first-order chi connectivity index (χ1) is 11.0. The highest BCUT2D eigenvalue weighted by atomic mass is 79.9. The lowest BCUT2D eigenvalue weighted by Crippen LogP contribution is -2.13. The molecule has 7 heteroatoms. The van der Waals surface area contributed by atoms with Gasteiger partial charge in [0.15, 0.2) is 4.77 Å². The van der Waals surface area contributed by atoms with Crippen LogP contribution >= 0.6 is 28.1 Å². The quantitative estimate of drug-likeness (QED) is 0.674. The number of rotatable bonds is 4. The number of hydrogen-bond donors (Lipinski definition) is 1. The molecule has 5 nitrogen and oxygen atoms in total. The highest BCUT2D eigenvalue weighted by Crippen LogP contribution is 2.23. The van der Waals surface area contributed by atoms with Crippen LogP contribution in [0.25, 0.3) is 5.69 Å². The molecule has 3 rings (SSSR count). The minimum absolute atomic E-state index is 0.162. The van der Waals surface area contributed by atoms with Gasteiger partial charge in [0.1, 0.15) is 5.82 Å². The van der Waals surface area contributed by atoms with E-state index < -0.39 is 0 Å². The summed E-state index contributed by atoms with van der Waals surface area (Å²) < 4.78 is 5.51. The Morgan fingerprint density at radius 2 is 2.13 bits per heavy atom. The Bertz CT molecular complexity index is 892. The van der Waals surface area contributed by atoms with Crippen molar-refractivity contribution in [2.75, 3.05) is 0 Å². The first-order valence-electron chi connectivity index (χ1n) is 7.38. The fourth-order valence-corrected chi connectivity index (χ4v) is 3.20. The summed E-state index contributed by atoms with van der Waals surface area (Å²) in [5.74, 6) is 1.07. The van der Waals surface area contributed by atoms with Gasteiger partial charge in [0, 0.05) is 12.1 Å². The molecule has 1 atom stereocenters. The summed E-state index contributed by atoms with van der Waals surface area (Å²) in [6, 6.07) is 6.35. The smallest absolute Gasteiger partial charge is 0.199 e. The Balaban J connectivity index is 2.01. The molecule has 1 unspecified atom stereocenters. The van der Waals surface area contributed by atoms with Crippen LogP contribution in [0.4, 0.5) is 0 Å².